The van der Waals surface area contributed by atoms with Crippen LogP contribution in [0.3, 0.4) is 0 Å². The Kier molecular flexibility index (Phi) is 2.81. The van der Waals surface area contributed by atoms with Crippen LogP contribution in [0.4, 0.5) is 10.6 Å². The number of halogens is 1. The Labute approximate surface area is 112 Å². The van der Waals surface area contributed by atoms with Crippen molar-refractivity contribution in [1.82, 2.24) is 5.10 Å². The maximum atomic E-state index is 11.3. The minimum Gasteiger partial charge on any atom is -0.203 e. The molecule has 18 heavy (non-hydrogen) atoms. The van der Waals surface area contributed by atoms with Crippen molar-refractivity contribution < 1.29 is 9.48 Å². The van der Waals surface area contributed by atoms with Gasteiger partial charge in [-0.25, -0.2) is 4.79 Å². The van der Waals surface area contributed by atoms with Gasteiger partial charge in [0.05, 0.1) is 5.11 Å². The summed E-state index contributed by atoms with van der Waals surface area (Å²) in [4.78, 5) is 12.3. The second kappa shape index (κ2) is 4.47. The molecule has 0 saturated carbocycles. The van der Waals surface area contributed by atoms with E-state index in [1.165, 1.54) is 16.4 Å². The van der Waals surface area contributed by atoms with Crippen LogP contribution in [-0.2, 0) is 0 Å². The first-order valence-corrected chi connectivity index (χ1v) is 6.25. The maximum Gasteiger partial charge on any atom is 0.537 e. The van der Waals surface area contributed by atoms with Gasteiger partial charge in [0.2, 0.25) is 0 Å². The third kappa shape index (κ3) is 2.12. The fourth-order valence-electron chi connectivity index (χ4n) is 1.46. The minimum atomic E-state index is -0.474. The van der Waals surface area contributed by atoms with E-state index in [2.05, 4.69) is 15.3 Å². The summed E-state index contributed by atoms with van der Waals surface area (Å²) in [7, 11) is 0. The molecule has 1 aliphatic heterocycles. The number of amides is 1. The van der Waals surface area contributed by atoms with E-state index in [0.29, 0.717) is 15.9 Å². The highest BCUT2D eigenvalue weighted by Crippen LogP contribution is 2.28. The number of aromatic nitrogens is 2. The van der Waals surface area contributed by atoms with Crippen LogP contribution in [0.25, 0.3) is 0 Å². The smallest absolute Gasteiger partial charge is 0.203 e. The zero-order valence-electron chi connectivity index (χ0n) is 8.95. The summed E-state index contributed by atoms with van der Waals surface area (Å²) in [6.07, 6.45) is 0. The normalized spacial score (nSPS) is 12.8. The maximum absolute atomic E-state index is 11.3. The van der Waals surface area contributed by atoms with Crippen LogP contribution < -0.4 is 4.68 Å². The van der Waals surface area contributed by atoms with Gasteiger partial charge in [0, 0.05) is 16.0 Å². The summed E-state index contributed by atoms with van der Waals surface area (Å²) in [5.74, 6) is 0.440. The Hall–Kier alpha value is -1.79. The van der Waals surface area contributed by atoms with Crippen molar-refractivity contribution in [2.24, 2.45) is 10.2 Å². The highest BCUT2D eigenvalue weighted by molar-refractivity contribution is 7.99. The third-order valence-corrected chi connectivity index (χ3v) is 3.38. The second-order valence-corrected chi connectivity index (χ2v) is 5.01. The summed E-state index contributed by atoms with van der Waals surface area (Å²) in [5, 5.41) is 12.6. The number of hydrogen-bond acceptors (Lipinski definition) is 4. The Morgan fingerprint density at radius 2 is 2.06 bits per heavy atom. The number of carbonyl (C=O) groups is 1. The molecule has 7 heteroatoms. The predicted octanol–water partition coefficient (Wildman–Crippen LogP) is 3.24. The van der Waals surface area contributed by atoms with E-state index in [1.807, 2.05) is 18.2 Å². The molecule has 2 heterocycles. The van der Waals surface area contributed by atoms with E-state index in [1.54, 1.807) is 18.2 Å². The Balaban J connectivity index is 1.91. The van der Waals surface area contributed by atoms with Crippen molar-refractivity contribution >= 4 is 35.2 Å². The Morgan fingerprint density at radius 3 is 2.89 bits per heavy atom. The Morgan fingerprint density at radius 1 is 1.17 bits per heavy atom. The summed E-state index contributed by atoms with van der Waals surface area (Å²) < 4.78 is 1.17. The molecule has 5 nitrogen and oxygen atoms in total. The summed E-state index contributed by atoms with van der Waals surface area (Å²) in [6.45, 7) is 0. The molecule has 0 saturated heterocycles. The lowest BCUT2D eigenvalue weighted by Gasteiger charge is -2.00. The molecule has 1 aliphatic rings. The molecule has 0 radical (unpaired) electrons. The number of carbonyl (C=O) groups excluding carboxylic acids is 1. The van der Waals surface area contributed by atoms with E-state index in [0.717, 1.165) is 4.90 Å². The van der Waals surface area contributed by atoms with Crippen molar-refractivity contribution in [1.29, 1.82) is 0 Å². The third-order valence-electron chi connectivity index (χ3n) is 2.23. The molecule has 2 aromatic rings. The molecular weight excluding hydrogens is 272 g/mol. The molecule has 0 spiro atoms. The molecule has 0 fully saturated rings. The highest BCUT2D eigenvalue weighted by atomic mass is 35.5. The fraction of sp³-hybridized carbons (Fsp3) is 0. The van der Waals surface area contributed by atoms with Crippen LogP contribution in [0.15, 0.2) is 56.5 Å². The van der Waals surface area contributed by atoms with E-state index in [4.69, 9.17) is 11.6 Å². The SMILES string of the molecule is O=C1N=Nc2ccc(Sc3cccc(Cl)c3)n[n+]21. The molecule has 0 bridgehead atoms. The molecule has 0 N–H and O–H groups in total. The molecule has 0 atom stereocenters. The second-order valence-electron chi connectivity index (χ2n) is 3.48. The number of azo groups is 1. The highest BCUT2D eigenvalue weighted by Gasteiger charge is 2.29. The first-order chi connectivity index (χ1) is 8.72. The molecule has 88 valence electrons. The lowest BCUT2D eigenvalue weighted by Crippen LogP contribution is -2.41. The topological polar surface area (TPSA) is 58.6 Å². The lowest BCUT2D eigenvalue weighted by atomic mass is 10.4. The van der Waals surface area contributed by atoms with Gasteiger partial charge in [0.25, 0.3) is 0 Å². The molecule has 1 amide bonds. The van der Waals surface area contributed by atoms with Crippen LogP contribution in [0.2, 0.25) is 5.02 Å². The van der Waals surface area contributed by atoms with Crippen LogP contribution >= 0.6 is 23.4 Å². The molecule has 0 unspecified atom stereocenters. The van der Waals surface area contributed by atoms with Gasteiger partial charge in [0.1, 0.15) is 10.1 Å². The van der Waals surface area contributed by atoms with Crippen molar-refractivity contribution in [2.45, 2.75) is 9.92 Å². The molecule has 1 aromatic heterocycles. The predicted molar refractivity (Wildman–Crippen MR) is 65.3 cm³/mol. The van der Waals surface area contributed by atoms with Gasteiger partial charge in [-0.3, -0.25) is 0 Å². The van der Waals surface area contributed by atoms with Crippen LogP contribution in [-0.4, -0.2) is 11.1 Å². The lowest BCUT2D eigenvalue weighted by molar-refractivity contribution is -0.620. The zero-order chi connectivity index (χ0) is 12.5. The summed E-state index contributed by atoms with van der Waals surface area (Å²) in [6, 6.07) is 10.4. The molecule has 0 aliphatic carbocycles. The van der Waals surface area contributed by atoms with Gasteiger partial charge in [-0.15, -0.1) is 0 Å². The number of fused-ring (bicyclic) bond motifs is 1. The standard InChI is InChI=1S/C11H6ClN4OS/c12-7-2-1-3-8(6-7)18-10-5-4-9-13-14-11(17)16(9)15-10/h1-6H/q+1. The minimum absolute atomic E-state index is 0.440. The average Bonchev–Trinajstić information content (AvgIpc) is 2.71. The van der Waals surface area contributed by atoms with Crippen molar-refractivity contribution in [3.8, 4) is 0 Å². The zero-order valence-corrected chi connectivity index (χ0v) is 10.5. The van der Waals surface area contributed by atoms with Crippen LogP contribution in [0.1, 0.15) is 0 Å². The van der Waals surface area contributed by atoms with Crippen molar-refractivity contribution in [2.75, 3.05) is 0 Å². The largest absolute Gasteiger partial charge is 0.537 e. The van der Waals surface area contributed by atoms with E-state index >= 15 is 0 Å². The van der Waals surface area contributed by atoms with Gasteiger partial charge < -0.3 is 0 Å². The summed E-state index contributed by atoms with van der Waals surface area (Å²) in [5.41, 5.74) is 0. The number of nitrogens with zero attached hydrogens (tertiary/aromatic N) is 4. The molecular formula is C11H6ClN4OS+. The monoisotopic (exact) mass is 277 g/mol. The summed E-state index contributed by atoms with van der Waals surface area (Å²) >= 11 is 7.32. The number of hydrogen-bond donors (Lipinski definition) is 0. The van der Waals surface area contributed by atoms with Crippen molar-refractivity contribution in [3.63, 3.8) is 0 Å². The molecule has 1 aromatic carbocycles. The van der Waals surface area contributed by atoms with Crippen LogP contribution in [0, 0.1) is 0 Å². The number of rotatable bonds is 2. The molecule has 3 rings (SSSR count). The fourth-order valence-corrected chi connectivity index (χ4v) is 2.55. The van der Waals surface area contributed by atoms with E-state index in [9.17, 15) is 4.79 Å². The first-order valence-electron chi connectivity index (χ1n) is 5.05. The Bertz CT molecular complexity index is 674. The van der Waals surface area contributed by atoms with E-state index < -0.39 is 6.03 Å². The number of benzene rings is 1. The van der Waals surface area contributed by atoms with Crippen molar-refractivity contribution in [3.05, 3.63) is 41.4 Å². The quantitative estimate of drug-likeness (QED) is 0.792. The van der Waals surface area contributed by atoms with Crippen LogP contribution in [0.5, 0.6) is 0 Å². The van der Waals surface area contributed by atoms with Gasteiger partial charge in [0.15, 0.2) is 0 Å². The first kappa shape index (κ1) is 11.3. The van der Waals surface area contributed by atoms with Gasteiger partial charge in [-0.05, 0) is 24.3 Å². The van der Waals surface area contributed by atoms with Gasteiger partial charge in [-0.1, -0.05) is 39.2 Å². The average molecular weight is 278 g/mol. The van der Waals surface area contributed by atoms with Gasteiger partial charge >= 0.3 is 11.8 Å². The van der Waals surface area contributed by atoms with E-state index in [-0.39, 0.29) is 0 Å². The van der Waals surface area contributed by atoms with Gasteiger partial charge in [-0.2, -0.15) is 0 Å².